The summed E-state index contributed by atoms with van der Waals surface area (Å²) in [5.41, 5.74) is 1.42. The van der Waals surface area contributed by atoms with Crippen molar-refractivity contribution in [2.45, 2.75) is 4.90 Å². The first-order chi connectivity index (χ1) is 10.3. The first-order valence-electron chi connectivity index (χ1n) is 6.09. The number of anilines is 1. The Bertz CT molecular complexity index is 752. The van der Waals surface area contributed by atoms with Crippen LogP contribution in [0, 0.1) is 0 Å². The minimum Gasteiger partial charge on any atom is -0.321 e. The fourth-order valence-corrected chi connectivity index (χ4v) is 3.62. The predicted octanol–water partition coefficient (Wildman–Crippen LogP) is 4.24. The van der Waals surface area contributed by atoms with Crippen molar-refractivity contribution in [2.24, 2.45) is 0 Å². The fourth-order valence-electron chi connectivity index (χ4n) is 1.80. The van der Waals surface area contributed by atoms with Gasteiger partial charge in [0.2, 0.25) is 0 Å². The second-order valence-electron chi connectivity index (χ2n) is 4.11. The van der Waals surface area contributed by atoms with E-state index in [1.54, 1.807) is 23.1 Å². The standard InChI is InChI=1S/C14H11N3OS3/c1-19-10-5-2-4-9(8-10)15-14(18)13-12(16-17-21-13)11-6-3-7-20-11/h2-8H,1H3,(H,15,18). The van der Waals surface area contributed by atoms with Crippen molar-refractivity contribution in [3.8, 4) is 10.6 Å². The third-order valence-corrected chi connectivity index (χ3v) is 5.10. The monoisotopic (exact) mass is 333 g/mol. The largest absolute Gasteiger partial charge is 0.321 e. The number of nitrogens with zero attached hydrogens (tertiary/aromatic N) is 2. The van der Waals surface area contributed by atoms with Crippen molar-refractivity contribution in [3.63, 3.8) is 0 Å². The molecule has 0 aliphatic heterocycles. The molecule has 21 heavy (non-hydrogen) atoms. The normalized spacial score (nSPS) is 10.5. The smallest absolute Gasteiger partial charge is 0.269 e. The maximum absolute atomic E-state index is 12.4. The summed E-state index contributed by atoms with van der Waals surface area (Å²) < 4.78 is 3.91. The van der Waals surface area contributed by atoms with Gasteiger partial charge in [0.05, 0.1) is 4.88 Å². The highest BCUT2D eigenvalue weighted by Crippen LogP contribution is 2.28. The second-order valence-corrected chi connectivity index (χ2v) is 6.70. The van der Waals surface area contributed by atoms with Crippen LogP contribution in [-0.2, 0) is 0 Å². The van der Waals surface area contributed by atoms with E-state index >= 15 is 0 Å². The van der Waals surface area contributed by atoms with Crippen molar-refractivity contribution in [1.82, 2.24) is 9.59 Å². The van der Waals surface area contributed by atoms with Crippen LogP contribution in [-0.4, -0.2) is 21.7 Å². The molecule has 7 heteroatoms. The molecule has 0 atom stereocenters. The van der Waals surface area contributed by atoms with Gasteiger partial charge in [0.15, 0.2) is 0 Å². The van der Waals surface area contributed by atoms with Gasteiger partial charge in [-0.15, -0.1) is 28.2 Å². The number of carbonyl (C=O) groups is 1. The number of thioether (sulfide) groups is 1. The number of carbonyl (C=O) groups excluding carboxylic acids is 1. The summed E-state index contributed by atoms with van der Waals surface area (Å²) in [6.07, 6.45) is 2.00. The molecule has 0 spiro atoms. The predicted molar refractivity (Wildman–Crippen MR) is 89.4 cm³/mol. The fraction of sp³-hybridized carbons (Fsp3) is 0.0714. The highest BCUT2D eigenvalue weighted by molar-refractivity contribution is 7.98. The number of hydrogen-bond donors (Lipinski definition) is 1. The molecule has 3 aromatic rings. The quantitative estimate of drug-likeness (QED) is 0.726. The van der Waals surface area contributed by atoms with E-state index in [0.29, 0.717) is 10.6 Å². The van der Waals surface area contributed by atoms with Gasteiger partial charge in [-0.3, -0.25) is 4.79 Å². The Kier molecular flexibility index (Phi) is 4.33. The summed E-state index contributed by atoms with van der Waals surface area (Å²) in [7, 11) is 0. The van der Waals surface area contributed by atoms with E-state index in [4.69, 9.17) is 0 Å². The second kappa shape index (κ2) is 6.38. The van der Waals surface area contributed by atoms with E-state index in [0.717, 1.165) is 27.0 Å². The van der Waals surface area contributed by atoms with Gasteiger partial charge >= 0.3 is 0 Å². The summed E-state index contributed by atoms with van der Waals surface area (Å²) >= 11 is 4.30. The lowest BCUT2D eigenvalue weighted by molar-refractivity contribution is 0.103. The molecule has 1 amide bonds. The molecule has 0 aliphatic rings. The maximum atomic E-state index is 12.4. The molecule has 0 fully saturated rings. The minimum absolute atomic E-state index is 0.174. The first kappa shape index (κ1) is 14.2. The molecule has 0 unspecified atom stereocenters. The van der Waals surface area contributed by atoms with Gasteiger partial charge in [0, 0.05) is 10.6 Å². The lowest BCUT2D eigenvalue weighted by Gasteiger charge is -2.05. The molecule has 0 aliphatic carbocycles. The summed E-state index contributed by atoms with van der Waals surface area (Å²) in [5.74, 6) is -0.174. The van der Waals surface area contributed by atoms with E-state index in [9.17, 15) is 4.79 Å². The topological polar surface area (TPSA) is 54.9 Å². The number of benzene rings is 1. The highest BCUT2D eigenvalue weighted by Gasteiger charge is 2.18. The Morgan fingerprint density at radius 1 is 1.29 bits per heavy atom. The van der Waals surface area contributed by atoms with Crippen molar-refractivity contribution < 1.29 is 4.79 Å². The SMILES string of the molecule is CSc1cccc(NC(=O)c2snnc2-c2cccs2)c1. The third-order valence-electron chi connectivity index (χ3n) is 2.78. The first-order valence-corrected chi connectivity index (χ1v) is 8.97. The lowest BCUT2D eigenvalue weighted by atomic mass is 10.2. The Labute approximate surface area is 134 Å². The van der Waals surface area contributed by atoms with Gasteiger partial charge in [-0.25, -0.2) is 0 Å². The van der Waals surface area contributed by atoms with E-state index < -0.39 is 0 Å². The Morgan fingerprint density at radius 3 is 2.95 bits per heavy atom. The molecular formula is C14H11N3OS3. The molecule has 3 rings (SSSR count). The Balaban J connectivity index is 1.85. The third kappa shape index (κ3) is 3.15. The van der Waals surface area contributed by atoms with Crippen LogP contribution in [0.15, 0.2) is 46.7 Å². The van der Waals surface area contributed by atoms with Crippen LogP contribution in [0.4, 0.5) is 5.69 Å². The number of thiophene rings is 1. The Hall–Kier alpha value is -1.70. The maximum Gasteiger partial charge on any atom is 0.269 e. The van der Waals surface area contributed by atoms with E-state index in [1.807, 2.05) is 48.0 Å². The zero-order valence-corrected chi connectivity index (χ0v) is 13.5. The summed E-state index contributed by atoms with van der Waals surface area (Å²) in [5, 5.41) is 8.93. The van der Waals surface area contributed by atoms with Gasteiger partial charge in [-0.2, -0.15) is 0 Å². The average molecular weight is 333 g/mol. The zero-order valence-electron chi connectivity index (χ0n) is 11.1. The van der Waals surface area contributed by atoms with Crippen LogP contribution in [0.2, 0.25) is 0 Å². The van der Waals surface area contributed by atoms with Crippen molar-refractivity contribution >= 4 is 46.2 Å². The van der Waals surface area contributed by atoms with E-state index in [-0.39, 0.29) is 5.91 Å². The zero-order chi connectivity index (χ0) is 14.7. The van der Waals surface area contributed by atoms with Gasteiger partial charge in [-0.05, 0) is 47.4 Å². The van der Waals surface area contributed by atoms with Gasteiger partial charge < -0.3 is 5.32 Å². The molecule has 2 aromatic heterocycles. The summed E-state index contributed by atoms with van der Waals surface area (Å²) in [6.45, 7) is 0. The van der Waals surface area contributed by atoms with Gasteiger partial charge in [0.25, 0.3) is 5.91 Å². The van der Waals surface area contributed by atoms with Crippen molar-refractivity contribution in [2.75, 3.05) is 11.6 Å². The van der Waals surface area contributed by atoms with Crippen LogP contribution >= 0.6 is 34.6 Å². The average Bonchev–Trinajstić information content (AvgIpc) is 3.18. The van der Waals surface area contributed by atoms with Crippen LogP contribution in [0.1, 0.15) is 9.67 Å². The van der Waals surface area contributed by atoms with Crippen LogP contribution in [0.3, 0.4) is 0 Å². The molecule has 4 nitrogen and oxygen atoms in total. The van der Waals surface area contributed by atoms with Crippen LogP contribution in [0.5, 0.6) is 0 Å². The Morgan fingerprint density at radius 2 is 2.19 bits per heavy atom. The van der Waals surface area contributed by atoms with E-state index in [2.05, 4.69) is 14.9 Å². The van der Waals surface area contributed by atoms with Gasteiger partial charge in [-0.1, -0.05) is 16.6 Å². The van der Waals surface area contributed by atoms with Gasteiger partial charge in [0.1, 0.15) is 10.6 Å². The number of nitrogens with one attached hydrogen (secondary N) is 1. The molecule has 0 saturated heterocycles. The van der Waals surface area contributed by atoms with Crippen LogP contribution < -0.4 is 5.32 Å². The van der Waals surface area contributed by atoms with Crippen molar-refractivity contribution in [3.05, 3.63) is 46.7 Å². The molecule has 1 aromatic carbocycles. The summed E-state index contributed by atoms with van der Waals surface area (Å²) in [4.78, 5) is 15.0. The molecule has 0 radical (unpaired) electrons. The molecular weight excluding hydrogens is 322 g/mol. The summed E-state index contributed by atoms with van der Waals surface area (Å²) in [6, 6.07) is 11.6. The molecule has 0 saturated carbocycles. The number of amides is 1. The number of hydrogen-bond acceptors (Lipinski definition) is 6. The number of aromatic nitrogens is 2. The van der Waals surface area contributed by atoms with Crippen molar-refractivity contribution in [1.29, 1.82) is 0 Å². The van der Waals surface area contributed by atoms with Crippen LogP contribution in [0.25, 0.3) is 10.6 Å². The molecule has 2 heterocycles. The molecule has 1 N–H and O–H groups in total. The highest BCUT2D eigenvalue weighted by atomic mass is 32.2. The molecule has 0 bridgehead atoms. The van der Waals surface area contributed by atoms with E-state index in [1.165, 1.54) is 0 Å². The lowest BCUT2D eigenvalue weighted by Crippen LogP contribution is -2.11. The minimum atomic E-state index is -0.174. The number of rotatable bonds is 4. The molecule has 106 valence electrons.